The maximum atomic E-state index is 11.6. The van der Waals surface area contributed by atoms with Gasteiger partial charge in [-0.05, 0) is 31.0 Å². The van der Waals surface area contributed by atoms with E-state index in [0.717, 1.165) is 16.0 Å². The lowest BCUT2D eigenvalue weighted by atomic mass is 10.1. The van der Waals surface area contributed by atoms with Crippen molar-refractivity contribution in [3.8, 4) is 0 Å². The number of aryl methyl sites for hydroxylation is 2. The number of carbonyl (C=O) groups excluding carboxylic acids is 1. The molecule has 0 spiro atoms. The normalized spacial score (nSPS) is 10.5. The number of likely N-dealkylation sites (N-methyl/N-ethyl adjacent to an activating group) is 1. The number of hydrogen-bond acceptors (Lipinski definition) is 3. The Morgan fingerprint density at radius 2 is 1.89 bits per heavy atom. The van der Waals surface area contributed by atoms with Crippen molar-refractivity contribution in [2.24, 2.45) is 0 Å². The summed E-state index contributed by atoms with van der Waals surface area (Å²) >= 11 is 0. The first-order valence-electron chi connectivity index (χ1n) is 5.65. The predicted octanol–water partition coefficient (Wildman–Crippen LogP) is 0.295. The van der Waals surface area contributed by atoms with Crippen molar-refractivity contribution < 1.29 is 14.6 Å². The zero-order chi connectivity index (χ0) is 13.9. The molecule has 0 radical (unpaired) electrons. The van der Waals surface area contributed by atoms with Crippen molar-refractivity contribution in [1.82, 2.24) is 0 Å². The highest BCUT2D eigenvalue weighted by molar-refractivity contribution is 5.94. The largest absolute Gasteiger partial charge is 0.332 e. The van der Waals surface area contributed by atoms with Crippen LogP contribution in [0.2, 0.25) is 0 Å². The van der Waals surface area contributed by atoms with E-state index in [2.05, 4.69) is 5.32 Å². The van der Waals surface area contributed by atoms with Crippen molar-refractivity contribution in [2.75, 3.05) is 26.0 Å². The second-order valence-corrected chi connectivity index (χ2v) is 4.64. The topological polar surface area (TPSA) is 76.7 Å². The SMILES string of the molecule is Cc1cc(NC(=O)C[NH+](C)C)c([N+](=O)[O-])cc1C. The van der Waals surface area contributed by atoms with E-state index < -0.39 is 4.92 Å². The van der Waals surface area contributed by atoms with Gasteiger partial charge in [0, 0.05) is 6.07 Å². The average molecular weight is 252 g/mol. The Morgan fingerprint density at radius 3 is 2.39 bits per heavy atom. The lowest BCUT2D eigenvalue weighted by molar-refractivity contribution is -0.849. The van der Waals surface area contributed by atoms with Crippen LogP contribution in [0.1, 0.15) is 11.1 Å². The number of nitro groups is 1. The molecule has 6 heteroatoms. The van der Waals surface area contributed by atoms with Crippen LogP contribution in [0.25, 0.3) is 0 Å². The third-order valence-electron chi connectivity index (χ3n) is 2.60. The van der Waals surface area contributed by atoms with Crippen molar-refractivity contribution in [2.45, 2.75) is 13.8 Å². The number of rotatable bonds is 4. The number of nitrogens with zero attached hydrogens (tertiary/aromatic N) is 1. The minimum absolute atomic E-state index is 0.0693. The molecule has 1 rings (SSSR count). The summed E-state index contributed by atoms with van der Waals surface area (Å²) in [6.45, 7) is 3.92. The lowest BCUT2D eigenvalue weighted by Crippen LogP contribution is -3.06. The third kappa shape index (κ3) is 3.53. The Kier molecular flexibility index (Phi) is 4.38. The van der Waals surface area contributed by atoms with Gasteiger partial charge in [0.2, 0.25) is 0 Å². The van der Waals surface area contributed by atoms with Gasteiger partial charge in [0.05, 0.1) is 19.0 Å². The van der Waals surface area contributed by atoms with E-state index in [4.69, 9.17) is 0 Å². The standard InChI is InChI=1S/C12H17N3O3/c1-8-5-10(13-12(16)7-14(3)4)11(15(17)18)6-9(8)2/h5-6H,7H2,1-4H3,(H,13,16)/p+1. The molecular weight excluding hydrogens is 234 g/mol. The van der Waals surface area contributed by atoms with Gasteiger partial charge in [-0.1, -0.05) is 0 Å². The number of nitro benzene ring substituents is 1. The van der Waals surface area contributed by atoms with E-state index >= 15 is 0 Å². The van der Waals surface area contributed by atoms with Gasteiger partial charge in [0.15, 0.2) is 6.54 Å². The lowest BCUT2D eigenvalue weighted by Gasteiger charge is -2.10. The van der Waals surface area contributed by atoms with Crippen molar-refractivity contribution in [3.05, 3.63) is 33.4 Å². The molecule has 0 saturated heterocycles. The smallest absolute Gasteiger partial charge is 0.293 e. The van der Waals surface area contributed by atoms with Gasteiger partial charge in [0.1, 0.15) is 5.69 Å². The van der Waals surface area contributed by atoms with Gasteiger partial charge in [-0.2, -0.15) is 0 Å². The molecule has 6 nitrogen and oxygen atoms in total. The van der Waals surface area contributed by atoms with Crippen LogP contribution >= 0.6 is 0 Å². The Balaban J connectivity index is 3.04. The summed E-state index contributed by atoms with van der Waals surface area (Å²) in [5.41, 5.74) is 1.93. The molecule has 0 atom stereocenters. The van der Waals surface area contributed by atoms with Crippen LogP contribution in [0.15, 0.2) is 12.1 Å². The first-order chi connectivity index (χ1) is 8.31. The number of benzene rings is 1. The molecule has 0 saturated carbocycles. The third-order valence-corrected chi connectivity index (χ3v) is 2.60. The van der Waals surface area contributed by atoms with Gasteiger partial charge in [0.25, 0.3) is 11.6 Å². The summed E-state index contributed by atoms with van der Waals surface area (Å²) in [6, 6.07) is 3.11. The van der Waals surface area contributed by atoms with E-state index in [1.165, 1.54) is 6.07 Å². The molecule has 0 aliphatic heterocycles. The number of nitrogens with one attached hydrogen (secondary N) is 2. The van der Waals surface area contributed by atoms with Crippen LogP contribution in [0.3, 0.4) is 0 Å². The molecule has 0 aliphatic rings. The Morgan fingerprint density at radius 1 is 1.33 bits per heavy atom. The van der Waals surface area contributed by atoms with Crippen LogP contribution < -0.4 is 10.2 Å². The number of hydrogen-bond donors (Lipinski definition) is 2. The molecule has 0 unspecified atom stereocenters. The Bertz CT molecular complexity index is 484. The minimum Gasteiger partial charge on any atom is -0.332 e. The van der Waals surface area contributed by atoms with Gasteiger partial charge in [-0.3, -0.25) is 14.9 Å². The molecule has 2 N–H and O–H groups in total. The second-order valence-electron chi connectivity index (χ2n) is 4.64. The van der Waals surface area contributed by atoms with Crippen LogP contribution in [-0.2, 0) is 4.79 Å². The molecular formula is C12H18N3O3+. The molecule has 0 heterocycles. The van der Waals surface area contributed by atoms with E-state index in [0.29, 0.717) is 0 Å². The highest BCUT2D eigenvalue weighted by Crippen LogP contribution is 2.27. The number of anilines is 1. The molecule has 0 bridgehead atoms. The summed E-state index contributed by atoms with van der Waals surface area (Å²) in [5.74, 6) is -0.235. The second kappa shape index (κ2) is 5.59. The summed E-state index contributed by atoms with van der Waals surface area (Å²) in [7, 11) is 3.68. The summed E-state index contributed by atoms with van der Waals surface area (Å²) in [5, 5.41) is 13.5. The first-order valence-corrected chi connectivity index (χ1v) is 5.65. The zero-order valence-corrected chi connectivity index (χ0v) is 11.0. The van der Waals surface area contributed by atoms with E-state index in [9.17, 15) is 14.9 Å². The summed E-state index contributed by atoms with van der Waals surface area (Å²) in [6.07, 6.45) is 0. The molecule has 0 aliphatic carbocycles. The maximum Gasteiger partial charge on any atom is 0.293 e. The van der Waals surface area contributed by atoms with Crippen molar-refractivity contribution in [3.63, 3.8) is 0 Å². The fourth-order valence-corrected chi connectivity index (χ4v) is 1.57. The minimum atomic E-state index is -0.482. The quantitative estimate of drug-likeness (QED) is 0.597. The van der Waals surface area contributed by atoms with Gasteiger partial charge < -0.3 is 10.2 Å². The fraction of sp³-hybridized carbons (Fsp3) is 0.417. The average Bonchev–Trinajstić information content (AvgIpc) is 2.21. The molecule has 1 amide bonds. The highest BCUT2D eigenvalue weighted by atomic mass is 16.6. The summed E-state index contributed by atoms with van der Waals surface area (Å²) in [4.78, 5) is 23.1. The predicted molar refractivity (Wildman–Crippen MR) is 68.9 cm³/mol. The van der Waals surface area contributed by atoms with Crippen LogP contribution in [0, 0.1) is 24.0 Å². The zero-order valence-electron chi connectivity index (χ0n) is 11.0. The highest BCUT2D eigenvalue weighted by Gasteiger charge is 2.18. The number of amides is 1. The van der Waals surface area contributed by atoms with Crippen molar-refractivity contribution >= 4 is 17.3 Å². The summed E-state index contributed by atoms with van der Waals surface area (Å²) < 4.78 is 0. The van der Waals surface area contributed by atoms with Crippen LogP contribution in [0.5, 0.6) is 0 Å². The molecule has 98 valence electrons. The molecule has 1 aromatic rings. The molecule has 18 heavy (non-hydrogen) atoms. The monoisotopic (exact) mass is 252 g/mol. The number of carbonyl (C=O) groups is 1. The molecule has 0 aromatic heterocycles. The van der Waals surface area contributed by atoms with Gasteiger partial charge in [-0.25, -0.2) is 0 Å². The van der Waals surface area contributed by atoms with Crippen LogP contribution in [0.4, 0.5) is 11.4 Å². The van der Waals surface area contributed by atoms with Gasteiger partial charge >= 0.3 is 0 Å². The van der Waals surface area contributed by atoms with Crippen molar-refractivity contribution in [1.29, 1.82) is 0 Å². The Labute approximate surface area is 106 Å². The molecule has 1 aromatic carbocycles. The maximum absolute atomic E-state index is 11.6. The van der Waals surface area contributed by atoms with E-state index in [1.54, 1.807) is 13.0 Å². The Hall–Kier alpha value is -1.95. The van der Waals surface area contributed by atoms with Gasteiger partial charge in [-0.15, -0.1) is 0 Å². The van der Waals surface area contributed by atoms with E-state index in [1.807, 2.05) is 21.0 Å². The first kappa shape index (κ1) is 14.1. The molecule has 0 fully saturated rings. The fourth-order valence-electron chi connectivity index (χ4n) is 1.57. The van der Waals surface area contributed by atoms with Crippen LogP contribution in [-0.4, -0.2) is 31.5 Å². The number of quaternary nitrogens is 1. The van der Waals surface area contributed by atoms with E-state index in [-0.39, 0.29) is 23.8 Å².